The molecule has 0 radical (unpaired) electrons. The van der Waals surface area contributed by atoms with Gasteiger partial charge in [-0.05, 0) is 18.2 Å². The molecule has 0 atom stereocenters. The van der Waals surface area contributed by atoms with Crippen molar-refractivity contribution in [3.63, 3.8) is 0 Å². The number of benzene rings is 1. The topological polar surface area (TPSA) is 86.9 Å². The van der Waals surface area contributed by atoms with Crippen LogP contribution in [0.3, 0.4) is 0 Å². The monoisotopic (exact) mass is 426 g/mol. The van der Waals surface area contributed by atoms with Crippen molar-refractivity contribution in [2.45, 2.75) is 5.16 Å². The van der Waals surface area contributed by atoms with E-state index in [2.05, 4.69) is 20.6 Å². The van der Waals surface area contributed by atoms with E-state index in [-0.39, 0.29) is 11.7 Å². The van der Waals surface area contributed by atoms with Crippen LogP contribution in [0, 0.1) is 0 Å². The van der Waals surface area contributed by atoms with Gasteiger partial charge >= 0.3 is 0 Å². The Morgan fingerprint density at radius 1 is 1.26 bits per heavy atom. The summed E-state index contributed by atoms with van der Waals surface area (Å²) in [7, 11) is 5.16. The summed E-state index contributed by atoms with van der Waals surface area (Å²) in [5, 5.41) is 16.7. The Hall–Kier alpha value is -2.23. The number of aryl methyl sites for hydroxylation is 1. The van der Waals surface area contributed by atoms with E-state index in [1.165, 1.54) is 11.8 Å². The molecule has 2 aromatic heterocycles. The second-order valence-corrected chi connectivity index (χ2v) is 7.31. The number of amides is 1. The quantitative estimate of drug-likeness (QED) is 0.608. The highest BCUT2D eigenvalue weighted by Crippen LogP contribution is 2.29. The lowest BCUT2D eigenvalue weighted by Gasteiger charge is -2.06. The third kappa shape index (κ3) is 4.37. The SMILES string of the molecule is COc1nn(C)cc1-c1nnc(SCC(=O)Nc2ccc(Cl)c(Cl)c2)n1C. The summed E-state index contributed by atoms with van der Waals surface area (Å²) in [6.07, 6.45) is 1.80. The van der Waals surface area contributed by atoms with E-state index in [4.69, 9.17) is 27.9 Å². The van der Waals surface area contributed by atoms with Gasteiger partial charge in [-0.25, -0.2) is 0 Å². The summed E-state index contributed by atoms with van der Waals surface area (Å²) in [5.41, 5.74) is 1.30. The van der Waals surface area contributed by atoms with Gasteiger partial charge in [0.15, 0.2) is 11.0 Å². The third-order valence-electron chi connectivity index (χ3n) is 3.60. The van der Waals surface area contributed by atoms with Crippen LogP contribution in [0.2, 0.25) is 10.0 Å². The summed E-state index contributed by atoms with van der Waals surface area (Å²) in [5.74, 6) is 1.03. The molecular weight excluding hydrogens is 411 g/mol. The number of ether oxygens (including phenoxy) is 1. The van der Waals surface area contributed by atoms with E-state index in [1.807, 2.05) is 7.05 Å². The molecule has 1 amide bonds. The Labute approximate surface area is 169 Å². The molecule has 0 aliphatic heterocycles. The second-order valence-electron chi connectivity index (χ2n) is 5.56. The van der Waals surface area contributed by atoms with Gasteiger partial charge in [-0.2, -0.15) is 0 Å². The molecule has 0 bridgehead atoms. The smallest absolute Gasteiger partial charge is 0.243 e. The van der Waals surface area contributed by atoms with Crippen LogP contribution in [0.5, 0.6) is 5.88 Å². The minimum atomic E-state index is -0.193. The minimum absolute atomic E-state index is 0.163. The highest BCUT2D eigenvalue weighted by Gasteiger charge is 2.19. The van der Waals surface area contributed by atoms with Gasteiger partial charge in [0.2, 0.25) is 11.8 Å². The molecular formula is C16H16Cl2N6O2S. The predicted molar refractivity (Wildman–Crippen MR) is 106 cm³/mol. The maximum absolute atomic E-state index is 12.2. The molecule has 8 nitrogen and oxygen atoms in total. The van der Waals surface area contributed by atoms with Gasteiger partial charge in [-0.15, -0.1) is 15.3 Å². The average molecular weight is 427 g/mol. The van der Waals surface area contributed by atoms with Crippen LogP contribution in [-0.4, -0.2) is 43.3 Å². The van der Waals surface area contributed by atoms with Crippen molar-refractivity contribution in [3.05, 3.63) is 34.4 Å². The number of nitrogens with zero attached hydrogens (tertiary/aromatic N) is 5. The average Bonchev–Trinajstić information content (AvgIpc) is 3.18. The largest absolute Gasteiger partial charge is 0.479 e. The Morgan fingerprint density at radius 2 is 2.04 bits per heavy atom. The van der Waals surface area contributed by atoms with Crippen LogP contribution in [0.25, 0.3) is 11.4 Å². The van der Waals surface area contributed by atoms with Gasteiger partial charge in [-0.3, -0.25) is 9.48 Å². The first-order chi connectivity index (χ1) is 12.9. The lowest BCUT2D eigenvalue weighted by Crippen LogP contribution is -2.14. The van der Waals surface area contributed by atoms with Crippen molar-refractivity contribution in [1.82, 2.24) is 24.5 Å². The van der Waals surface area contributed by atoms with E-state index >= 15 is 0 Å². The molecule has 3 aromatic rings. The van der Waals surface area contributed by atoms with Crippen molar-refractivity contribution in [3.8, 4) is 17.3 Å². The van der Waals surface area contributed by atoms with Gasteiger partial charge in [0.25, 0.3) is 0 Å². The Kier molecular flexibility index (Phi) is 5.93. The van der Waals surface area contributed by atoms with Crippen molar-refractivity contribution < 1.29 is 9.53 Å². The Morgan fingerprint density at radius 3 is 2.74 bits per heavy atom. The van der Waals surface area contributed by atoms with E-state index < -0.39 is 0 Å². The molecule has 0 fully saturated rings. The molecule has 0 unspecified atom stereocenters. The number of carbonyl (C=O) groups excluding carboxylic acids is 1. The Bertz CT molecular complexity index is 987. The molecule has 1 N–H and O–H groups in total. The molecule has 0 aliphatic carbocycles. The van der Waals surface area contributed by atoms with Crippen LogP contribution in [0.4, 0.5) is 5.69 Å². The zero-order valence-electron chi connectivity index (χ0n) is 14.7. The van der Waals surface area contributed by atoms with E-state index in [0.29, 0.717) is 32.6 Å². The van der Waals surface area contributed by atoms with Crippen LogP contribution >= 0.6 is 35.0 Å². The molecule has 3 rings (SSSR count). The number of carbonyl (C=O) groups is 1. The predicted octanol–water partition coefficient (Wildman–Crippen LogP) is 3.26. The highest BCUT2D eigenvalue weighted by molar-refractivity contribution is 7.99. The first kappa shape index (κ1) is 19.5. The van der Waals surface area contributed by atoms with Crippen LogP contribution < -0.4 is 10.1 Å². The molecule has 11 heteroatoms. The van der Waals surface area contributed by atoms with Gasteiger partial charge in [0.05, 0.1) is 22.9 Å². The van der Waals surface area contributed by atoms with Crippen LogP contribution in [0.1, 0.15) is 0 Å². The number of aromatic nitrogens is 5. The molecule has 0 spiro atoms. The number of hydrogen-bond donors (Lipinski definition) is 1. The minimum Gasteiger partial charge on any atom is -0.479 e. The first-order valence-corrected chi connectivity index (χ1v) is 9.48. The van der Waals surface area contributed by atoms with Crippen molar-refractivity contribution in [2.24, 2.45) is 14.1 Å². The molecule has 0 aliphatic rings. The van der Waals surface area contributed by atoms with Gasteiger partial charge in [0.1, 0.15) is 5.56 Å². The number of halogens is 2. The molecule has 2 heterocycles. The number of hydrogen-bond acceptors (Lipinski definition) is 6. The standard InChI is InChI=1S/C16H16Cl2N6O2S/c1-23-7-10(15(22-23)26-3)14-20-21-16(24(14)2)27-8-13(25)19-9-4-5-11(17)12(18)6-9/h4-7H,8H2,1-3H3,(H,19,25). The molecule has 142 valence electrons. The lowest BCUT2D eigenvalue weighted by molar-refractivity contribution is -0.113. The number of nitrogens with one attached hydrogen (secondary N) is 1. The normalized spacial score (nSPS) is 10.9. The van der Waals surface area contributed by atoms with Gasteiger partial charge in [-0.1, -0.05) is 35.0 Å². The van der Waals surface area contributed by atoms with Crippen LogP contribution in [-0.2, 0) is 18.9 Å². The highest BCUT2D eigenvalue weighted by atomic mass is 35.5. The van der Waals surface area contributed by atoms with E-state index in [9.17, 15) is 4.79 Å². The van der Waals surface area contributed by atoms with E-state index in [0.717, 1.165) is 5.56 Å². The van der Waals surface area contributed by atoms with Crippen LogP contribution in [0.15, 0.2) is 29.6 Å². The third-order valence-corrected chi connectivity index (χ3v) is 5.36. The molecule has 27 heavy (non-hydrogen) atoms. The molecule has 0 saturated carbocycles. The summed E-state index contributed by atoms with van der Waals surface area (Å²) in [4.78, 5) is 12.2. The number of thioether (sulfide) groups is 1. The summed E-state index contributed by atoms with van der Waals surface area (Å²) >= 11 is 13.1. The van der Waals surface area contributed by atoms with Crippen molar-refractivity contribution in [2.75, 3.05) is 18.2 Å². The maximum atomic E-state index is 12.2. The summed E-state index contributed by atoms with van der Waals surface area (Å²) < 4.78 is 8.69. The zero-order valence-corrected chi connectivity index (χ0v) is 17.1. The zero-order chi connectivity index (χ0) is 19.6. The summed E-state index contributed by atoms with van der Waals surface area (Å²) in [6.45, 7) is 0. The maximum Gasteiger partial charge on any atom is 0.243 e. The van der Waals surface area contributed by atoms with Gasteiger partial charge < -0.3 is 14.6 Å². The number of rotatable bonds is 6. The molecule has 0 saturated heterocycles. The fourth-order valence-corrected chi connectivity index (χ4v) is 3.36. The van der Waals surface area contributed by atoms with Crippen molar-refractivity contribution in [1.29, 1.82) is 0 Å². The number of methoxy groups -OCH3 is 1. The fourth-order valence-electron chi connectivity index (χ4n) is 2.35. The molecule has 1 aromatic carbocycles. The second kappa shape index (κ2) is 8.20. The van der Waals surface area contributed by atoms with Gasteiger partial charge in [0, 0.05) is 26.0 Å². The summed E-state index contributed by atoms with van der Waals surface area (Å²) in [6, 6.07) is 4.91. The lowest BCUT2D eigenvalue weighted by atomic mass is 10.3. The van der Waals surface area contributed by atoms with Crippen molar-refractivity contribution >= 4 is 46.6 Å². The number of anilines is 1. The van der Waals surface area contributed by atoms with E-state index in [1.54, 1.807) is 47.8 Å². The fraction of sp³-hybridized carbons (Fsp3) is 0.250. The Balaban J connectivity index is 1.67. The first-order valence-electron chi connectivity index (χ1n) is 7.74.